The minimum Gasteiger partial charge on any atom is -0.495 e. The van der Waals surface area contributed by atoms with Crippen molar-refractivity contribution in [1.29, 1.82) is 0 Å². The molecule has 11 heteroatoms. The van der Waals surface area contributed by atoms with E-state index in [0.717, 1.165) is 9.35 Å². The van der Waals surface area contributed by atoms with Gasteiger partial charge in [0.15, 0.2) is 12.1 Å². The second-order valence-corrected chi connectivity index (χ2v) is 10.7. The fourth-order valence-electron chi connectivity index (χ4n) is 3.13. The van der Waals surface area contributed by atoms with Crippen LogP contribution in [0, 0.1) is 0 Å². The molecule has 0 radical (unpaired) electrons. The summed E-state index contributed by atoms with van der Waals surface area (Å²) in [6.07, 6.45) is -0.836. The van der Waals surface area contributed by atoms with Crippen molar-refractivity contribution in [3.05, 3.63) is 79.9 Å². The number of nitrogens with zero attached hydrogens (tertiary/aromatic N) is 2. The van der Waals surface area contributed by atoms with Crippen LogP contribution in [0.15, 0.2) is 69.6 Å². The molecule has 1 aliphatic rings. The summed E-state index contributed by atoms with van der Waals surface area (Å²) in [6, 6.07) is 16.1. The van der Waals surface area contributed by atoms with E-state index in [1.54, 1.807) is 36.3 Å². The SMILES string of the molecule is CC.COc1ccc(Br)cc1N1C(c2cccs2)=NNC1NS(=O)(=O)Cc1ccc(Cl)cc1. The van der Waals surface area contributed by atoms with E-state index >= 15 is 0 Å². The molecular weight excluding hydrogens is 548 g/mol. The fourth-order valence-corrected chi connectivity index (χ4v) is 5.53. The third-order valence-corrected chi connectivity index (χ3v) is 7.39. The summed E-state index contributed by atoms with van der Waals surface area (Å²) >= 11 is 10.9. The molecule has 4 rings (SSSR count). The van der Waals surface area contributed by atoms with Gasteiger partial charge in [0.05, 0.1) is 23.4 Å². The highest BCUT2D eigenvalue weighted by atomic mass is 79.9. The number of hydrogen-bond acceptors (Lipinski definition) is 7. The Morgan fingerprint density at radius 1 is 1.21 bits per heavy atom. The van der Waals surface area contributed by atoms with Gasteiger partial charge in [-0.05, 0) is 47.3 Å². The summed E-state index contributed by atoms with van der Waals surface area (Å²) in [4.78, 5) is 2.66. The van der Waals surface area contributed by atoms with Crippen molar-refractivity contribution >= 4 is 60.4 Å². The van der Waals surface area contributed by atoms with Gasteiger partial charge < -0.3 is 4.74 Å². The van der Waals surface area contributed by atoms with Gasteiger partial charge in [-0.15, -0.1) is 11.3 Å². The van der Waals surface area contributed by atoms with Gasteiger partial charge in [-0.3, -0.25) is 10.3 Å². The largest absolute Gasteiger partial charge is 0.495 e. The minimum atomic E-state index is -3.71. The molecule has 1 aromatic heterocycles. The van der Waals surface area contributed by atoms with Crippen molar-refractivity contribution in [2.45, 2.75) is 25.9 Å². The number of hydrazone groups is 1. The number of nitrogens with one attached hydrogen (secondary N) is 2. The third kappa shape index (κ3) is 6.27. The van der Waals surface area contributed by atoms with Crippen molar-refractivity contribution in [3.63, 3.8) is 0 Å². The van der Waals surface area contributed by atoms with E-state index in [4.69, 9.17) is 16.3 Å². The Hall–Kier alpha value is -2.11. The third-order valence-electron chi connectivity index (χ3n) is 4.48. The number of thiophene rings is 1. The lowest BCUT2D eigenvalue weighted by Crippen LogP contribution is -2.53. The molecule has 176 valence electrons. The smallest absolute Gasteiger partial charge is 0.219 e. The van der Waals surface area contributed by atoms with Crippen molar-refractivity contribution in [2.75, 3.05) is 12.0 Å². The molecule has 7 nitrogen and oxygen atoms in total. The molecule has 0 bridgehead atoms. The van der Waals surface area contributed by atoms with E-state index in [0.29, 0.717) is 27.9 Å². The van der Waals surface area contributed by atoms with Crippen molar-refractivity contribution in [3.8, 4) is 5.75 Å². The molecule has 0 aliphatic carbocycles. The van der Waals surface area contributed by atoms with Crippen LogP contribution in [0.25, 0.3) is 0 Å². The molecule has 3 aromatic rings. The van der Waals surface area contributed by atoms with E-state index in [1.807, 2.05) is 49.6 Å². The maximum atomic E-state index is 12.9. The first kappa shape index (κ1) is 25.5. The second kappa shape index (κ2) is 11.3. The van der Waals surface area contributed by atoms with Crippen LogP contribution in [0.2, 0.25) is 5.02 Å². The van der Waals surface area contributed by atoms with Crippen LogP contribution in [-0.2, 0) is 15.8 Å². The van der Waals surface area contributed by atoms with Gasteiger partial charge >= 0.3 is 0 Å². The number of benzene rings is 2. The van der Waals surface area contributed by atoms with E-state index < -0.39 is 16.3 Å². The van der Waals surface area contributed by atoms with Gasteiger partial charge in [-0.1, -0.05) is 59.6 Å². The van der Waals surface area contributed by atoms with Crippen LogP contribution in [0.1, 0.15) is 24.3 Å². The Kier molecular flexibility index (Phi) is 8.77. The van der Waals surface area contributed by atoms with E-state index in [2.05, 4.69) is 31.2 Å². The average molecular weight is 572 g/mol. The van der Waals surface area contributed by atoms with E-state index in [9.17, 15) is 8.42 Å². The van der Waals surface area contributed by atoms with E-state index in [1.165, 1.54) is 11.3 Å². The number of methoxy groups -OCH3 is 1. The Morgan fingerprint density at radius 2 is 1.94 bits per heavy atom. The highest BCUT2D eigenvalue weighted by Gasteiger charge is 2.35. The lowest BCUT2D eigenvalue weighted by atomic mass is 10.2. The lowest BCUT2D eigenvalue weighted by Gasteiger charge is -2.28. The molecule has 0 spiro atoms. The zero-order chi connectivity index (χ0) is 24.0. The van der Waals surface area contributed by atoms with E-state index in [-0.39, 0.29) is 5.75 Å². The molecule has 2 aromatic carbocycles. The predicted octanol–water partition coefficient (Wildman–Crippen LogP) is 5.37. The standard InChI is InChI=1S/C20H18BrClN4O3S2.C2H6/c1-29-17-9-6-14(21)11-16(17)26-19(18-3-2-10-30-18)23-24-20(26)25-31(27,28)12-13-4-7-15(22)8-5-13;1-2/h2-11,20,24-25H,12H2,1H3;1-2H3. The maximum Gasteiger partial charge on any atom is 0.219 e. The maximum absolute atomic E-state index is 12.9. The number of rotatable bonds is 7. The Bertz CT molecular complexity index is 1200. The van der Waals surface area contributed by atoms with Crippen LogP contribution in [-0.4, -0.2) is 27.7 Å². The van der Waals surface area contributed by atoms with Gasteiger partial charge in [-0.25, -0.2) is 8.42 Å². The van der Waals surface area contributed by atoms with Crippen molar-refractivity contribution in [2.24, 2.45) is 5.10 Å². The number of anilines is 1. The minimum absolute atomic E-state index is 0.194. The van der Waals surface area contributed by atoms with Gasteiger partial charge in [0.2, 0.25) is 10.0 Å². The number of sulfonamides is 1. The van der Waals surface area contributed by atoms with Crippen LogP contribution in [0.4, 0.5) is 5.69 Å². The molecule has 2 heterocycles. The summed E-state index contributed by atoms with van der Waals surface area (Å²) in [6.45, 7) is 4.00. The molecule has 0 amide bonds. The number of hydrogen-bond donors (Lipinski definition) is 2. The second-order valence-electron chi connectivity index (χ2n) is 6.63. The van der Waals surface area contributed by atoms with Crippen molar-refractivity contribution in [1.82, 2.24) is 10.1 Å². The zero-order valence-electron chi connectivity index (χ0n) is 18.2. The monoisotopic (exact) mass is 570 g/mol. The number of halogens is 2. The van der Waals surface area contributed by atoms with Crippen LogP contribution >= 0.6 is 38.9 Å². The summed E-state index contributed by atoms with van der Waals surface area (Å²) in [5.74, 6) is 0.976. The summed E-state index contributed by atoms with van der Waals surface area (Å²) < 4.78 is 34.9. The number of amidine groups is 1. The Labute approximate surface area is 211 Å². The van der Waals surface area contributed by atoms with Gasteiger partial charge in [-0.2, -0.15) is 9.82 Å². The van der Waals surface area contributed by atoms with Gasteiger partial charge in [0.25, 0.3) is 0 Å². The summed E-state index contributed by atoms with van der Waals surface area (Å²) in [5, 5.41) is 6.90. The Balaban J connectivity index is 0.00000149. The zero-order valence-corrected chi connectivity index (χ0v) is 22.2. The molecule has 0 fully saturated rings. The van der Waals surface area contributed by atoms with Crippen LogP contribution in [0.3, 0.4) is 0 Å². The number of ether oxygens (including phenoxy) is 1. The average Bonchev–Trinajstić information content (AvgIpc) is 3.46. The van der Waals surface area contributed by atoms with Crippen LogP contribution in [0.5, 0.6) is 5.75 Å². The molecule has 1 aliphatic heterocycles. The first-order valence-electron chi connectivity index (χ1n) is 10.1. The molecule has 1 unspecified atom stereocenters. The molecule has 0 saturated carbocycles. The first-order chi connectivity index (χ1) is 15.9. The molecule has 33 heavy (non-hydrogen) atoms. The first-order valence-corrected chi connectivity index (χ1v) is 13.8. The Morgan fingerprint density at radius 3 is 2.58 bits per heavy atom. The highest BCUT2D eigenvalue weighted by Crippen LogP contribution is 2.35. The summed E-state index contributed by atoms with van der Waals surface area (Å²) in [5.41, 5.74) is 4.19. The molecule has 0 saturated heterocycles. The molecular formula is C22H24BrClN4O3S2. The molecule has 2 N–H and O–H groups in total. The lowest BCUT2D eigenvalue weighted by molar-refractivity contribution is 0.413. The van der Waals surface area contributed by atoms with Gasteiger partial charge in [0.1, 0.15) is 5.75 Å². The topological polar surface area (TPSA) is 83.0 Å². The van der Waals surface area contributed by atoms with Gasteiger partial charge in [0, 0.05) is 9.50 Å². The quantitative estimate of drug-likeness (QED) is 0.398. The summed E-state index contributed by atoms with van der Waals surface area (Å²) in [7, 11) is -2.15. The predicted molar refractivity (Wildman–Crippen MR) is 140 cm³/mol. The van der Waals surface area contributed by atoms with Crippen molar-refractivity contribution < 1.29 is 13.2 Å². The fraction of sp³-hybridized carbons (Fsp3) is 0.227. The highest BCUT2D eigenvalue weighted by molar-refractivity contribution is 9.10. The normalized spacial score (nSPS) is 15.4. The van der Waals surface area contributed by atoms with Crippen LogP contribution < -0.4 is 19.8 Å². The molecule has 1 atom stereocenters.